The summed E-state index contributed by atoms with van der Waals surface area (Å²) in [6, 6.07) is 27.1. The number of carbonyl (C=O) groups is 1. The second-order valence-electron chi connectivity index (χ2n) is 10.4. The number of likely N-dealkylation sites (tertiary alicyclic amines) is 1. The van der Waals surface area contributed by atoms with E-state index in [0.29, 0.717) is 5.92 Å². The largest absolute Gasteiger partial charge is 0.486 e. The lowest BCUT2D eigenvalue weighted by atomic mass is 9.89. The van der Waals surface area contributed by atoms with E-state index in [4.69, 9.17) is 4.74 Å². The van der Waals surface area contributed by atoms with E-state index in [1.807, 2.05) is 44.2 Å². The molecule has 1 fully saturated rings. The van der Waals surface area contributed by atoms with Gasteiger partial charge in [0.15, 0.2) is 0 Å². The number of rotatable bonds is 11. The highest BCUT2D eigenvalue weighted by molar-refractivity contribution is 9.10. The maximum absolute atomic E-state index is 12.1. The van der Waals surface area contributed by atoms with E-state index in [0.717, 1.165) is 48.4 Å². The van der Waals surface area contributed by atoms with E-state index in [9.17, 15) is 4.79 Å². The third-order valence-corrected chi connectivity index (χ3v) is 7.72. The summed E-state index contributed by atoms with van der Waals surface area (Å²) in [5, 5.41) is 3.04. The Morgan fingerprint density at radius 2 is 1.70 bits per heavy atom. The molecular weight excluding hydrogens is 524 g/mol. The molecule has 1 aliphatic heterocycles. The number of nitrogens with one attached hydrogen (secondary N) is 1. The molecule has 5 heteroatoms. The Morgan fingerprint density at radius 1 is 0.973 bits per heavy atom. The first-order valence-electron chi connectivity index (χ1n) is 13.6. The van der Waals surface area contributed by atoms with Crippen LogP contribution in [0.5, 0.6) is 5.75 Å². The number of halogens is 1. The number of ether oxygens (including phenoxy) is 1. The number of amides is 1. The van der Waals surface area contributed by atoms with Crippen molar-refractivity contribution in [3.8, 4) is 5.75 Å². The minimum atomic E-state index is -0.0119. The highest BCUT2D eigenvalue weighted by Gasteiger charge is 2.21. The molecule has 1 unspecified atom stereocenters. The second kappa shape index (κ2) is 13.8. The van der Waals surface area contributed by atoms with Crippen molar-refractivity contribution in [3.63, 3.8) is 0 Å². The van der Waals surface area contributed by atoms with Crippen LogP contribution >= 0.6 is 15.9 Å². The van der Waals surface area contributed by atoms with Crippen molar-refractivity contribution in [1.82, 2.24) is 4.90 Å². The average Bonchev–Trinajstić information content (AvgIpc) is 2.92. The van der Waals surface area contributed by atoms with Gasteiger partial charge in [0.2, 0.25) is 5.91 Å². The maximum atomic E-state index is 12.1. The molecule has 0 bridgehead atoms. The first-order chi connectivity index (χ1) is 18.0. The number of unbranched alkanes of at least 4 members (excludes halogenated alkanes) is 1. The quantitative estimate of drug-likeness (QED) is 0.239. The van der Waals surface area contributed by atoms with Crippen molar-refractivity contribution in [2.45, 2.75) is 58.0 Å². The van der Waals surface area contributed by atoms with E-state index >= 15 is 0 Å². The van der Waals surface area contributed by atoms with Crippen LogP contribution in [-0.2, 0) is 4.79 Å². The summed E-state index contributed by atoms with van der Waals surface area (Å²) in [7, 11) is 0. The summed E-state index contributed by atoms with van der Waals surface area (Å²) >= 11 is 3.50. The summed E-state index contributed by atoms with van der Waals surface area (Å²) in [5.41, 5.74) is 3.49. The van der Waals surface area contributed by atoms with Gasteiger partial charge in [-0.3, -0.25) is 4.79 Å². The first kappa shape index (κ1) is 27.4. The molecule has 1 N–H and O–H groups in total. The molecule has 4 rings (SSSR count). The zero-order valence-electron chi connectivity index (χ0n) is 22.0. The summed E-state index contributed by atoms with van der Waals surface area (Å²) in [6.45, 7) is 7.24. The van der Waals surface area contributed by atoms with Gasteiger partial charge < -0.3 is 15.0 Å². The molecule has 196 valence electrons. The van der Waals surface area contributed by atoms with Crippen LogP contribution in [-0.4, -0.2) is 30.4 Å². The summed E-state index contributed by atoms with van der Waals surface area (Å²) in [5.74, 6) is 1.53. The van der Waals surface area contributed by atoms with E-state index in [2.05, 4.69) is 74.7 Å². The third kappa shape index (κ3) is 8.44. The second-order valence-corrected chi connectivity index (χ2v) is 11.3. The van der Waals surface area contributed by atoms with Crippen LogP contribution in [0, 0.1) is 5.92 Å². The molecular formula is C32H39BrN2O2. The summed E-state index contributed by atoms with van der Waals surface area (Å²) in [4.78, 5) is 14.7. The van der Waals surface area contributed by atoms with Gasteiger partial charge in [0.25, 0.3) is 0 Å². The highest BCUT2D eigenvalue weighted by atomic mass is 79.9. The molecule has 3 aromatic rings. The van der Waals surface area contributed by atoms with E-state index < -0.39 is 0 Å². The van der Waals surface area contributed by atoms with E-state index in [1.165, 1.54) is 30.4 Å². The lowest BCUT2D eigenvalue weighted by Crippen LogP contribution is -2.33. The maximum Gasteiger partial charge on any atom is 0.226 e. The first-order valence-corrected chi connectivity index (χ1v) is 14.4. The molecule has 37 heavy (non-hydrogen) atoms. The van der Waals surface area contributed by atoms with Gasteiger partial charge >= 0.3 is 0 Å². The smallest absolute Gasteiger partial charge is 0.226 e. The molecule has 0 aliphatic carbocycles. The van der Waals surface area contributed by atoms with Crippen molar-refractivity contribution in [3.05, 3.63) is 94.5 Å². The number of hydrogen-bond donors (Lipinski definition) is 1. The van der Waals surface area contributed by atoms with Crippen molar-refractivity contribution >= 4 is 27.5 Å². The molecule has 3 aromatic carbocycles. The number of benzene rings is 3. The molecule has 0 spiro atoms. The zero-order chi connectivity index (χ0) is 26.0. The van der Waals surface area contributed by atoms with Crippen LogP contribution < -0.4 is 10.1 Å². The fourth-order valence-corrected chi connectivity index (χ4v) is 5.22. The molecule has 1 aliphatic rings. The Hall–Kier alpha value is -2.63. The SMILES string of the molecule is CC(C)C(=O)Nc1cccc(C2CCN(CCCCC(Oc3ccc(Br)cc3)c3ccccc3)CC2)c1. The number of hydrogen-bond acceptors (Lipinski definition) is 3. The van der Waals surface area contributed by atoms with Gasteiger partial charge in [0, 0.05) is 16.1 Å². The topological polar surface area (TPSA) is 41.6 Å². The van der Waals surface area contributed by atoms with Gasteiger partial charge in [-0.25, -0.2) is 0 Å². The minimum Gasteiger partial charge on any atom is -0.486 e. The molecule has 1 atom stereocenters. The predicted octanol–water partition coefficient (Wildman–Crippen LogP) is 8.21. The molecule has 0 aromatic heterocycles. The molecule has 1 saturated heterocycles. The number of carbonyl (C=O) groups excluding carboxylic acids is 1. The van der Waals surface area contributed by atoms with E-state index in [1.54, 1.807) is 0 Å². The number of nitrogens with zero attached hydrogens (tertiary/aromatic N) is 1. The summed E-state index contributed by atoms with van der Waals surface area (Å²) < 4.78 is 7.46. The summed E-state index contributed by atoms with van der Waals surface area (Å²) in [6.07, 6.45) is 5.71. The normalized spacial score (nSPS) is 15.5. The fraction of sp³-hybridized carbons (Fsp3) is 0.406. The Bertz CT molecular complexity index is 1110. The number of anilines is 1. The van der Waals surface area contributed by atoms with Gasteiger partial charge in [0.05, 0.1) is 0 Å². The number of piperidine rings is 1. The Labute approximate surface area is 230 Å². The van der Waals surface area contributed by atoms with Crippen molar-refractivity contribution in [1.29, 1.82) is 0 Å². The van der Waals surface area contributed by atoms with Crippen molar-refractivity contribution in [2.75, 3.05) is 25.0 Å². The molecule has 1 heterocycles. The predicted molar refractivity (Wildman–Crippen MR) is 156 cm³/mol. The van der Waals surface area contributed by atoms with Gasteiger partial charge in [0.1, 0.15) is 11.9 Å². The van der Waals surface area contributed by atoms with Gasteiger partial charge in [-0.05, 0) is 105 Å². The van der Waals surface area contributed by atoms with Crippen molar-refractivity contribution < 1.29 is 9.53 Å². The zero-order valence-corrected chi connectivity index (χ0v) is 23.6. The fourth-order valence-electron chi connectivity index (χ4n) is 4.95. The minimum absolute atomic E-state index is 0.0119. The molecule has 0 saturated carbocycles. The lowest BCUT2D eigenvalue weighted by Gasteiger charge is -2.32. The van der Waals surface area contributed by atoms with Gasteiger partial charge in [-0.2, -0.15) is 0 Å². The van der Waals surface area contributed by atoms with Crippen LogP contribution in [0.15, 0.2) is 83.3 Å². The van der Waals surface area contributed by atoms with E-state index in [-0.39, 0.29) is 17.9 Å². The molecule has 1 amide bonds. The standard InChI is InChI=1S/C32H39BrN2O2/c1-24(2)32(36)34-29-12-8-11-27(23-29)25-18-21-35(22-19-25)20-7-6-13-31(26-9-4-3-5-10-26)37-30-16-14-28(33)15-17-30/h3-5,8-12,14-17,23-25,31H,6-7,13,18-22H2,1-2H3,(H,34,36). The molecule has 0 radical (unpaired) electrons. The van der Waals surface area contributed by atoms with Crippen LogP contribution in [0.3, 0.4) is 0 Å². The molecule has 4 nitrogen and oxygen atoms in total. The lowest BCUT2D eigenvalue weighted by molar-refractivity contribution is -0.118. The Balaban J connectivity index is 1.23. The van der Waals surface area contributed by atoms with Crippen molar-refractivity contribution in [2.24, 2.45) is 5.92 Å². The van der Waals surface area contributed by atoms with Crippen LogP contribution in [0.4, 0.5) is 5.69 Å². The highest BCUT2D eigenvalue weighted by Crippen LogP contribution is 2.31. The third-order valence-electron chi connectivity index (χ3n) is 7.19. The van der Waals surface area contributed by atoms with Gasteiger partial charge in [-0.15, -0.1) is 0 Å². The van der Waals surface area contributed by atoms with Crippen LogP contribution in [0.25, 0.3) is 0 Å². The van der Waals surface area contributed by atoms with Crippen LogP contribution in [0.1, 0.15) is 69.1 Å². The van der Waals surface area contributed by atoms with Gasteiger partial charge in [-0.1, -0.05) is 72.2 Å². The Morgan fingerprint density at radius 3 is 2.41 bits per heavy atom. The average molecular weight is 564 g/mol. The monoisotopic (exact) mass is 562 g/mol. The Kier molecular flexibility index (Phi) is 10.2. The van der Waals surface area contributed by atoms with Crippen LogP contribution in [0.2, 0.25) is 0 Å².